The molecule has 0 bridgehead atoms. The summed E-state index contributed by atoms with van der Waals surface area (Å²) in [6, 6.07) is 4.55. The van der Waals surface area contributed by atoms with Crippen molar-refractivity contribution in [2.75, 3.05) is 7.11 Å². The lowest BCUT2D eigenvalue weighted by atomic mass is 10.2. The molecule has 0 aromatic heterocycles. The fourth-order valence-corrected chi connectivity index (χ4v) is 0.901. The number of phenols is 2. The van der Waals surface area contributed by atoms with Crippen molar-refractivity contribution in [3.63, 3.8) is 0 Å². The summed E-state index contributed by atoms with van der Waals surface area (Å²) in [5.41, 5.74) is 0.763. The van der Waals surface area contributed by atoms with Crippen molar-refractivity contribution in [3.8, 4) is 11.5 Å². The number of rotatable bonds is 3. The van der Waals surface area contributed by atoms with Crippen LogP contribution in [0.1, 0.15) is 5.56 Å². The summed E-state index contributed by atoms with van der Waals surface area (Å²) in [5.74, 6) is 0.250. The van der Waals surface area contributed by atoms with Gasteiger partial charge in [-0.2, -0.15) is 0 Å². The molecule has 0 aliphatic rings. The van der Waals surface area contributed by atoms with E-state index in [0.717, 1.165) is 5.56 Å². The topological polar surface area (TPSA) is 49.7 Å². The minimum Gasteiger partial charge on any atom is -0.504 e. The van der Waals surface area contributed by atoms with Gasteiger partial charge < -0.3 is 14.9 Å². The molecule has 3 nitrogen and oxygen atoms in total. The monoisotopic (exact) mass is 192 g/mol. The second-order valence-electron chi connectivity index (χ2n) is 2.75. The average Bonchev–Trinajstić information content (AvgIpc) is 2.19. The van der Waals surface area contributed by atoms with Gasteiger partial charge in [-0.3, -0.25) is 0 Å². The zero-order chi connectivity index (χ0) is 10.6. The number of methoxy groups -OCH3 is 1. The molecule has 0 spiro atoms. The molecular weight excluding hydrogens is 180 g/mol. The Morgan fingerprint density at radius 3 is 2.64 bits per heavy atom. The first kappa shape index (κ1) is 10.2. The van der Waals surface area contributed by atoms with Gasteiger partial charge in [0.1, 0.15) is 5.76 Å². The molecule has 0 radical (unpaired) electrons. The molecule has 0 fully saturated rings. The first-order valence-corrected chi connectivity index (χ1v) is 4.06. The van der Waals surface area contributed by atoms with Crippen molar-refractivity contribution < 1.29 is 14.9 Å². The predicted molar refractivity (Wildman–Crippen MR) is 55.0 cm³/mol. The van der Waals surface area contributed by atoms with Crippen LogP contribution in [-0.2, 0) is 4.74 Å². The maximum absolute atomic E-state index is 9.18. The third kappa shape index (κ3) is 2.55. The molecule has 0 aliphatic carbocycles. The standard InChI is InChI=1S/C11H12O3/c1-8(14-2)3-4-9-5-6-10(12)11(13)7-9/h3-7,12-13H,1H2,2H3/b4-3+. The van der Waals surface area contributed by atoms with Gasteiger partial charge in [-0.25, -0.2) is 0 Å². The van der Waals surface area contributed by atoms with Crippen molar-refractivity contribution in [2.24, 2.45) is 0 Å². The van der Waals surface area contributed by atoms with Gasteiger partial charge in [0.05, 0.1) is 7.11 Å². The lowest BCUT2D eigenvalue weighted by Gasteiger charge is -1.99. The van der Waals surface area contributed by atoms with E-state index in [1.807, 2.05) is 0 Å². The number of allylic oxidation sites excluding steroid dienone is 1. The molecule has 0 atom stereocenters. The van der Waals surface area contributed by atoms with Crippen LogP contribution in [0.25, 0.3) is 6.08 Å². The highest BCUT2D eigenvalue weighted by Gasteiger charge is 1.97. The summed E-state index contributed by atoms with van der Waals surface area (Å²) in [7, 11) is 1.53. The molecule has 0 unspecified atom stereocenters. The van der Waals surface area contributed by atoms with Crippen LogP contribution in [-0.4, -0.2) is 17.3 Å². The van der Waals surface area contributed by atoms with Gasteiger partial charge in [-0.15, -0.1) is 0 Å². The van der Waals surface area contributed by atoms with Gasteiger partial charge in [0.15, 0.2) is 11.5 Å². The number of hydrogen-bond donors (Lipinski definition) is 2. The summed E-state index contributed by atoms with van der Waals surface area (Å²) in [6.07, 6.45) is 3.40. The third-order valence-corrected chi connectivity index (χ3v) is 1.72. The van der Waals surface area contributed by atoms with Crippen LogP contribution in [0.15, 0.2) is 36.6 Å². The Kier molecular flexibility index (Phi) is 3.18. The lowest BCUT2D eigenvalue weighted by molar-refractivity contribution is 0.309. The largest absolute Gasteiger partial charge is 0.504 e. The second kappa shape index (κ2) is 4.37. The maximum Gasteiger partial charge on any atom is 0.157 e. The van der Waals surface area contributed by atoms with Crippen LogP contribution in [0.5, 0.6) is 11.5 Å². The smallest absolute Gasteiger partial charge is 0.157 e. The number of phenolic OH excluding ortho intramolecular Hbond substituents is 2. The van der Waals surface area contributed by atoms with Crippen LogP contribution >= 0.6 is 0 Å². The van der Waals surface area contributed by atoms with E-state index in [1.54, 1.807) is 18.2 Å². The Morgan fingerprint density at radius 1 is 1.36 bits per heavy atom. The maximum atomic E-state index is 9.18. The summed E-state index contributed by atoms with van der Waals surface area (Å²) in [4.78, 5) is 0. The highest BCUT2D eigenvalue weighted by Crippen LogP contribution is 2.25. The molecule has 74 valence electrons. The minimum absolute atomic E-state index is 0.132. The van der Waals surface area contributed by atoms with E-state index in [-0.39, 0.29) is 11.5 Å². The zero-order valence-corrected chi connectivity index (χ0v) is 7.90. The Labute approximate surface area is 82.6 Å². The highest BCUT2D eigenvalue weighted by molar-refractivity contribution is 5.56. The summed E-state index contributed by atoms with van der Waals surface area (Å²) < 4.78 is 4.83. The fraction of sp³-hybridized carbons (Fsp3) is 0.0909. The van der Waals surface area contributed by atoms with Crippen LogP contribution in [0.3, 0.4) is 0 Å². The normalized spacial score (nSPS) is 10.4. The molecule has 1 rings (SSSR count). The molecule has 0 saturated carbocycles. The van der Waals surface area contributed by atoms with E-state index in [2.05, 4.69) is 6.58 Å². The Balaban J connectivity index is 2.83. The van der Waals surface area contributed by atoms with Gasteiger partial charge in [0, 0.05) is 0 Å². The van der Waals surface area contributed by atoms with E-state index in [9.17, 15) is 5.11 Å². The Bertz CT molecular complexity index is 367. The van der Waals surface area contributed by atoms with Crippen molar-refractivity contribution in [1.82, 2.24) is 0 Å². The molecule has 0 saturated heterocycles. The van der Waals surface area contributed by atoms with Crippen LogP contribution in [0, 0.1) is 0 Å². The molecule has 14 heavy (non-hydrogen) atoms. The summed E-state index contributed by atoms with van der Waals surface area (Å²) in [5, 5.41) is 18.2. The minimum atomic E-state index is -0.143. The van der Waals surface area contributed by atoms with Gasteiger partial charge in [-0.05, 0) is 23.8 Å². The SMILES string of the molecule is C=C(/C=C/c1ccc(O)c(O)c1)OC. The first-order chi connectivity index (χ1) is 6.63. The van der Waals surface area contributed by atoms with Crippen LogP contribution in [0.4, 0.5) is 0 Å². The molecule has 0 aliphatic heterocycles. The van der Waals surface area contributed by atoms with Crippen molar-refractivity contribution in [2.45, 2.75) is 0 Å². The van der Waals surface area contributed by atoms with Crippen molar-refractivity contribution in [3.05, 3.63) is 42.2 Å². The average molecular weight is 192 g/mol. The van der Waals surface area contributed by atoms with Gasteiger partial charge in [-0.1, -0.05) is 18.7 Å². The molecule has 1 aromatic carbocycles. The number of benzene rings is 1. The zero-order valence-electron chi connectivity index (χ0n) is 7.90. The number of aromatic hydroxyl groups is 2. The second-order valence-corrected chi connectivity index (χ2v) is 2.75. The van der Waals surface area contributed by atoms with Crippen molar-refractivity contribution >= 4 is 6.08 Å². The van der Waals surface area contributed by atoms with E-state index >= 15 is 0 Å². The van der Waals surface area contributed by atoms with E-state index in [4.69, 9.17) is 9.84 Å². The van der Waals surface area contributed by atoms with E-state index in [0.29, 0.717) is 5.76 Å². The molecule has 3 heteroatoms. The van der Waals surface area contributed by atoms with Crippen molar-refractivity contribution in [1.29, 1.82) is 0 Å². The van der Waals surface area contributed by atoms with Crippen LogP contribution < -0.4 is 0 Å². The lowest BCUT2D eigenvalue weighted by Crippen LogP contribution is -1.78. The molecule has 0 amide bonds. The summed E-state index contributed by atoms with van der Waals surface area (Å²) >= 11 is 0. The van der Waals surface area contributed by atoms with Gasteiger partial charge in [0.2, 0.25) is 0 Å². The molecular formula is C11H12O3. The first-order valence-electron chi connectivity index (χ1n) is 4.06. The molecule has 0 heterocycles. The number of ether oxygens (including phenoxy) is 1. The van der Waals surface area contributed by atoms with E-state index in [1.165, 1.54) is 19.2 Å². The van der Waals surface area contributed by atoms with E-state index < -0.39 is 0 Å². The number of hydrogen-bond acceptors (Lipinski definition) is 3. The Morgan fingerprint density at radius 2 is 2.07 bits per heavy atom. The highest BCUT2D eigenvalue weighted by atomic mass is 16.5. The predicted octanol–water partition coefficient (Wildman–Crippen LogP) is 2.27. The molecule has 1 aromatic rings. The Hall–Kier alpha value is -1.90. The fourth-order valence-electron chi connectivity index (χ4n) is 0.901. The van der Waals surface area contributed by atoms with Gasteiger partial charge in [0.25, 0.3) is 0 Å². The van der Waals surface area contributed by atoms with Gasteiger partial charge >= 0.3 is 0 Å². The summed E-state index contributed by atoms with van der Waals surface area (Å²) in [6.45, 7) is 3.61. The quantitative estimate of drug-likeness (QED) is 0.439. The molecule has 2 N–H and O–H groups in total. The third-order valence-electron chi connectivity index (χ3n) is 1.72. The van der Waals surface area contributed by atoms with Crippen LogP contribution in [0.2, 0.25) is 0 Å².